The standard InChI is InChI=1S/C29H29F2N3O2/c30-24-9-5-21(6-10-24)29(22-7-11-25(31)12-8-22)34-16-14-33(15-17-34)28(36)3-1-2-20-4-13-26-23(18-20)19-27(35)32-26/h4-13,18,29H,1-3,14-17,19H2,(H,32,35). The number of halogens is 2. The van der Waals surface area contributed by atoms with E-state index in [9.17, 15) is 18.4 Å². The lowest BCUT2D eigenvalue weighted by molar-refractivity contribution is -0.133. The Morgan fingerprint density at radius 1 is 0.861 bits per heavy atom. The second kappa shape index (κ2) is 10.6. The highest BCUT2D eigenvalue weighted by Crippen LogP contribution is 2.30. The molecule has 2 aliphatic rings. The summed E-state index contributed by atoms with van der Waals surface area (Å²) in [5.41, 5.74) is 4.93. The molecule has 0 saturated carbocycles. The highest BCUT2D eigenvalue weighted by atomic mass is 19.1. The zero-order valence-corrected chi connectivity index (χ0v) is 20.1. The molecular formula is C29H29F2N3O2. The zero-order valence-electron chi connectivity index (χ0n) is 20.1. The van der Waals surface area contributed by atoms with Gasteiger partial charge < -0.3 is 10.2 Å². The maximum atomic E-state index is 13.5. The Bertz CT molecular complexity index is 1190. The number of benzene rings is 3. The van der Waals surface area contributed by atoms with E-state index in [1.807, 2.05) is 17.0 Å². The van der Waals surface area contributed by atoms with Crippen molar-refractivity contribution in [3.05, 3.63) is 101 Å². The first-order valence-corrected chi connectivity index (χ1v) is 12.4. The van der Waals surface area contributed by atoms with Crippen LogP contribution in [0.3, 0.4) is 0 Å². The van der Waals surface area contributed by atoms with Crippen LogP contribution in [0, 0.1) is 11.6 Å². The number of nitrogens with zero attached hydrogens (tertiary/aromatic N) is 2. The van der Waals surface area contributed by atoms with Gasteiger partial charge in [0.2, 0.25) is 11.8 Å². The predicted molar refractivity (Wildman–Crippen MR) is 135 cm³/mol. The van der Waals surface area contributed by atoms with Crippen LogP contribution in [0.25, 0.3) is 0 Å². The average molecular weight is 490 g/mol. The van der Waals surface area contributed by atoms with Crippen molar-refractivity contribution in [2.24, 2.45) is 0 Å². The van der Waals surface area contributed by atoms with Crippen molar-refractivity contribution in [2.75, 3.05) is 31.5 Å². The first kappa shape index (κ1) is 24.1. The molecule has 0 bridgehead atoms. The number of aryl methyl sites for hydroxylation is 1. The molecule has 7 heteroatoms. The van der Waals surface area contributed by atoms with Crippen LogP contribution in [0.4, 0.5) is 14.5 Å². The molecule has 5 rings (SSSR count). The fourth-order valence-corrected chi connectivity index (χ4v) is 5.17. The van der Waals surface area contributed by atoms with E-state index < -0.39 is 0 Å². The second-order valence-corrected chi connectivity index (χ2v) is 9.49. The number of carbonyl (C=O) groups is 2. The SMILES string of the molecule is O=C1Cc2cc(CCCC(=O)N3CCN(C(c4ccc(F)cc4)c4ccc(F)cc4)CC3)ccc2N1. The smallest absolute Gasteiger partial charge is 0.228 e. The zero-order chi connectivity index (χ0) is 25.1. The van der Waals surface area contributed by atoms with Crippen molar-refractivity contribution >= 4 is 17.5 Å². The molecule has 5 nitrogen and oxygen atoms in total. The topological polar surface area (TPSA) is 52.7 Å². The Morgan fingerprint density at radius 3 is 2.08 bits per heavy atom. The van der Waals surface area contributed by atoms with Gasteiger partial charge in [0.15, 0.2) is 0 Å². The molecule has 0 atom stereocenters. The first-order chi connectivity index (χ1) is 17.5. The van der Waals surface area contributed by atoms with E-state index in [4.69, 9.17) is 0 Å². The van der Waals surface area contributed by atoms with Gasteiger partial charge in [0.25, 0.3) is 0 Å². The van der Waals surface area contributed by atoms with Gasteiger partial charge in [-0.25, -0.2) is 8.78 Å². The summed E-state index contributed by atoms with van der Waals surface area (Å²) in [6.45, 7) is 2.59. The number of fused-ring (bicyclic) bond motifs is 1. The molecule has 36 heavy (non-hydrogen) atoms. The van der Waals surface area contributed by atoms with Crippen molar-refractivity contribution in [1.29, 1.82) is 0 Å². The van der Waals surface area contributed by atoms with Crippen LogP contribution in [0.5, 0.6) is 0 Å². The van der Waals surface area contributed by atoms with E-state index in [1.54, 1.807) is 24.3 Å². The van der Waals surface area contributed by atoms with Gasteiger partial charge in [0.1, 0.15) is 11.6 Å². The van der Waals surface area contributed by atoms with Gasteiger partial charge in [0.05, 0.1) is 12.5 Å². The fraction of sp³-hybridized carbons (Fsp3) is 0.310. The average Bonchev–Trinajstić information content (AvgIpc) is 3.26. The summed E-state index contributed by atoms with van der Waals surface area (Å²) >= 11 is 0. The molecule has 1 saturated heterocycles. The molecule has 1 N–H and O–H groups in total. The van der Waals surface area contributed by atoms with E-state index in [0.29, 0.717) is 39.0 Å². The number of rotatable bonds is 7. The molecule has 2 amide bonds. The number of piperazine rings is 1. The Balaban J connectivity index is 1.17. The third-order valence-corrected chi connectivity index (χ3v) is 7.05. The number of anilines is 1. The van der Waals surface area contributed by atoms with Crippen LogP contribution >= 0.6 is 0 Å². The summed E-state index contributed by atoms with van der Waals surface area (Å²) in [6.07, 6.45) is 2.45. The van der Waals surface area contributed by atoms with Gasteiger partial charge >= 0.3 is 0 Å². The minimum Gasteiger partial charge on any atom is -0.340 e. The molecule has 0 radical (unpaired) electrons. The minimum absolute atomic E-state index is 0.0255. The predicted octanol–water partition coefficient (Wildman–Crippen LogP) is 4.72. The quantitative estimate of drug-likeness (QED) is 0.523. The Hall–Kier alpha value is -3.58. The van der Waals surface area contributed by atoms with Gasteiger partial charge in [0, 0.05) is 38.3 Å². The molecule has 2 heterocycles. The van der Waals surface area contributed by atoms with Crippen molar-refractivity contribution in [1.82, 2.24) is 9.80 Å². The van der Waals surface area contributed by atoms with Gasteiger partial charge in [-0.1, -0.05) is 36.4 Å². The molecule has 0 aliphatic carbocycles. The normalized spacial score (nSPS) is 15.8. The Kier molecular flexibility index (Phi) is 7.09. The summed E-state index contributed by atoms with van der Waals surface area (Å²) in [6, 6.07) is 18.7. The molecule has 2 aliphatic heterocycles. The summed E-state index contributed by atoms with van der Waals surface area (Å²) in [7, 11) is 0. The van der Waals surface area contributed by atoms with Gasteiger partial charge in [-0.2, -0.15) is 0 Å². The van der Waals surface area contributed by atoms with E-state index in [-0.39, 0.29) is 29.5 Å². The van der Waals surface area contributed by atoms with E-state index in [0.717, 1.165) is 40.8 Å². The van der Waals surface area contributed by atoms with Crippen LogP contribution in [0.1, 0.15) is 41.1 Å². The minimum atomic E-state index is -0.294. The maximum Gasteiger partial charge on any atom is 0.228 e. The third kappa shape index (κ3) is 5.46. The molecule has 0 unspecified atom stereocenters. The highest BCUT2D eigenvalue weighted by molar-refractivity contribution is 5.99. The van der Waals surface area contributed by atoms with E-state index in [2.05, 4.69) is 16.3 Å². The van der Waals surface area contributed by atoms with Crippen LogP contribution in [0.2, 0.25) is 0 Å². The van der Waals surface area contributed by atoms with Crippen molar-refractivity contribution in [2.45, 2.75) is 31.7 Å². The number of amides is 2. The molecule has 186 valence electrons. The number of carbonyl (C=O) groups excluding carboxylic acids is 2. The molecule has 1 fully saturated rings. The second-order valence-electron chi connectivity index (χ2n) is 9.49. The van der Waals surface area contributed by atoms with Crippen molar-refractivity contribution in [3.63, 3.8) is 0 Å². The number of hydrogen-bond acceptors (Lipinski definition) is 3. The molecule has 3 aromatic carbocycles. The number of nitrogens with one attached hydrogen (secondary N) is 1. The van der Waals surface area contributed by atoms with E-state index >= 15 is 0 Å². The summed E-state index contributed by atoms with van der Waals surface area (Å²) < 4.78 is 27.1. The lowest BCUT2D eigenvalue weighted by atomic mass is 9.96. The first-order valence-electron chi connectivity index (χ1n) is 12.4. The fourth-order valence-electron chi connectivity index (χ4n) is 5.17. The Labute approximate surface area is 209 Å². The van der Waals surface area contributed by atoms with Crippen LogP contribution < -0.4 is 5.32 Å². The highest BCUT2D eigenvalue weighted by Gasteiger charge is 2.28. The molecular weight excluding hydrogens is 460 g/mol. The third-order valence-electron chi connectivity index (χ3n) is 7.05. The lowest BCUT2D eigenvalue weighted by Gasteiger charge is -2.40. The van der Waals surface area contributed by atoms with Crippen LogP contribution in [0.15, 0.2) is 66.7 Å². The monoisotopic (exact) mass is 489 g/mol. The van der Waals surface area contributed by atoms with Crippen LogP contribution in [-0.4, -0.2) is 47.8 Å². The lowest BCUT2D eigenvalue weighted by Crippen LogP contribution is -2.49. The van der Waals surface area contributed by atoms with Crippen molar-refractivity contribution < 1.29 is 18.4 Å². The largest absolute Gasteiger partial charge is 0.340 e. The van der Waals surface area contributed by atoms with Gasteiger partial charge in [-0.3, -0.25) is 14.5 Å². The van der Waals surface area contributed by atoms with Gasteiger partial charge in [-0.05, 0) is 65.4 Å². The Morgan fingerprint density at radius 2 is 1.47 bits per heavy atom. The maximum absolute atomic E-state index is 13.5. The van der Waals surface area contributed by atoms with E-state index in [1.165, 1.54) is 24.3 Å². The molecule has 0 aromatic heterocycles. The summed E-state index contributed by atoms with van der Waals surface area (Å²) in [5.74, 6) is -0.417. The molecule has 0 spiro atoms. The summed E-state index contributed by atoms with van der Waals surface area (Å²) in [4.78, 5) is 28.6. The molecule has 3 aromatic rings. The van der Waals surface area contributed by atoms with Gasteiger partial charge in [-0.15, -0.1) is 0 Å². The van der Waals surface area contributed by atoms with Crippen molar-refractivity contribution in [3.8, 4) is 0 Å². The number of hydrogen-bond donors (Lipinski definition) is 1. The van der Waals surface area contributed by atoms with Crippen LogP contribution in [-0.2, 0) is 22.4 Å². The summed E-state index contributed by atoms with van der Waals surface area (Å²) in [5, 5.41) is 2.84.